The zero-order valence-corrected chi connectivity index (χ0v) is 12.9. The third-order valence-electron chi connectivity index (χ3n) is 2.49. The molecule has 2 aromatic rings. The van der Waals surface area contributed by atoms with Crippen molar-refractivity contribution in [1.29, 1.82) is 0 Å². The third-order valence-corrected chi connectivity index (χ3v) is 3.76. The van der Waals surface area contributed by atoms with E-state index in [1.54, 1.807) is 6.20 Å². The Labute approximate surface area is 124 Å². The number of hydrogen-bond acceptors (Lipinski definition) is 2. The Morgan fingerprint density at radius 3 is 2.72 bits per heavy atom. The highest BCUT2D eigenvalue weighted by Crippen LogP contribution is 2.26. The summed E-state index contributed by atoms with van der Waals surface area (Å²) in [5.74, 6) is 0.871. The molecule has 0 aliphatic carbocycles. The predicted octanol–water partition coefficient (Wildman–Crippen LogP) is 4.36. The van der Waals surface area contributed by atoms with Gasteiger partial charge in [0.1, 0.15) is 5.75 Å². The lowest BCUT2D eigenvalue weighted by Crippen LogP contribution is -2.03. The van der Waals surface area contributed by atoms with Crippen molar-refractivity contribution in [2.75, 3.05) is 6.61 Å². The smallest absolute Gasteiger partial charge is 0.133 e. The van der Waals surface area contributed by atoms with Gasteiger partial charge in [0.2, 0.25) is 0 Å². The summed E-state index contributed by atoms with van der Waals surface area (Å²) in [6.45, 7) is 0.628. The second-order valence-electron chi connectivity index (χ2n) is 3.82. The lowest BCUT2D eigenvalue weighted by molar-refractivity contribution is 0.318. The van der Waals surface area contributed by atoms with E-state index in [-0.39, 0.29) is 0 Å². The van der Waals surface area contributed by atoms with Crippen LogP contribution in [0.1, 0.15) is 11.3 Å². The van der Waals surface area contributed by atoms with Crippen LogP contribution in [-0.4, -0.2) is 11.6 Å². The normalized spacial score (nSPS) is 10.3. The SMILES string of the molecule is BrCc1ccc(OCCc2ccccn2)c(Br)c1. The fourth-order valence-corrected chi connectivity index (χ4v) is 2.45. The topological polar surface area (TPSA) is 22.1 Å². The Balaban J connectivity index is 1.91. The molecule has 0 amide bonds. The maximum atomic E-state index is 5.74. The monoisotopic (exact) mass is 369 g/mol. The Bertz CT molecular complexity index is 502. The minimum absolute atomic E-state index is 0.628. The molecular weight excluding hydrogens is 358 g/mol. The van der Waals surface area contributed by atoms with E-state index in [1.807, 2.05) is 24.3 Å². The molecule has 2 rings (SSSR count). The fraction of sp³-hybridized carbons (Fsp3) is 0.214. The number of halogens is 2. The molecule has 0 saturated heterocycles. The average molecular weight is 371 g/mol. The van der Waals surface area contributed by atoms with Gasteiger partial charge >= 0.3 is 0 Å². The zero-order valence-electron chi connectivity index (χ0n) is 9.77. The number of ether oxygens (including phenoxy) is 1. The summed E-state index contributed by atoms with van der Waals surface area (Å²) in [7, 11) is 0. The predicted molar refractivity (Wildman–Crippen MR) is 80.2 cm³/mol. The summed E-state index contributed by atoms with van der Waals surface area (Å²) >= 11 is 6.94. The van der Waals surface area contributed by atoms with E-state index in [0.717, 1.165) is 27.7 Å². The summed E-state index contributed by atoms with van der Waals surface area (Å²) in [5, 5.41) is 0.847. The molecule has 0 radical (unpaired) electrons. The van der Waals surface area contributed by atoms with Crippen molar-refractivity contribution in [3.63, 3.8) is 0 Å². The summed E-state index contributed by atoms with van der Waals surface area (Å²) in [4.78, 5) is 4.26. The second-order valence-corrected chi connectivity index (χ2v) is 5.23. The van der Waals surface area contributed by atoms with E-state index in [9.17, 15) is 0 Å². The Morgan fingerprint density at radius 1 is 1.17 bits per heavy atom. The summed E-state index contributed by atoms with van der Waals surface area (Å²) < 4.78 is 6.72. The number of pyridine rings is 1. The molecule has 18 heavy (non-hydrogen) atoms. The lowest BCUT2D eigenvalue weighted by Gasteiger charge is -2.08. The molecule has 4 heteroatoms. The van der Waals surface area contributed by atoms with Crippen molar-refractivity contribution in [1.82, 2.24) is 4.98 Å². The van der Waals surface area contributed by atoms with E-state index >= 15 is 0 Å². The average Bonchev–Trinajstić information content (AvgIpc) is 2.42. The van der Waals surface area contributed by atoms with Gasteiger partial charge < -0.3 is 4.74 Å². The number of nitrogens with zero attached hydrogens (tertiary/aromatic N) is 1. The molecule has 1 heterocycles. The van der Waals surface area contributed by atoms with Crippen molar-refractivity contribution in [3.8, 4) is 5.75 Å². The van der Waals surface area contributed by atoms with Crippen LogP contribution in [-0.2, 0) is 11.8 Å². The number of aromatic nitrogens is 1. The van der Waals surface area contributed by atoms with Crippen molar-refractivity contribution in [2.24, 2.45) is 0 Å². The van der Waals surface area contributed by atoms with Gasteiger partial charge in [0.15, 0.2) is 0 Å². The molecule has 1 aromatic heterocycles. The van der Waals surface area contributed by atoms with Crippen LogP contribution in [0.15, 0.2) is 47.1 Å². The number of alkyl halides is 1. The van der Waals surface area contributed by atoms with Crippen molar-refractivity contribution < 1.29 is 4.74 Å². The summed E-state index contributed by atoms with van der Waals surface area (Å²) in [5.41, 5.74) is 2.27. The maximum absolute atomic E-state index is 5.74. The van der Waals surface area contributed by atoms with Gasteiger partial charge in [-0.15, -0.1) is 0 Å². The van der Waals surface area contributed by atoms with Gasteiger partial charge in [-0.25, -0.2) is 0 Å². The van der Waals surface area contributed by atoms with Crippen LogP contribution in [0.3, 0.4) is 0 Å². The van der Waals surface area contributed by atoms with Gasteiger partial charge in [-0.2, -0.15) is 0 Å². The molecule has 0 fully saturated rings. The maximum Gasteiger partial charge on any atom is 0.133 e. The molecule has 0 spiro atoms. The molecule has 0 aliphatic rings. The van der Waals surface area contributed by atoms with E-state index in [1.165, 1.54) is 5.56 Å². The van der Waals surface area contributed by atoms with Gasteiger partial charge in [-0.3, -0.25) is 4.98 Å². The molecule has 2 nitrogen and oxygen atoms in total. The number of benzene rings is 1. The molecule has 0 N–H and O–H groups in total. The summed E-state index contributed by atoms with van der Waals surface area (Å²) in [6.07, 6.45) is 2.61. The third kappa shape index (κ3) is 3.82. The zero-order chi connectivity index (χ0) is 12.8. The standard InChI is InChI=1S/C14H13Br2NO/c15-10-11-4-5-14(13(16)9-11)18-8-6-12-3-1-2-7-17-12/h1-5,7,9H,6,8,10H2. The van der Waals surface area contributed by atoms with Crippen LogP contribution in [0.5, 0.6) is 5.75 Å². The Hall–Kier alpha value is -0.870. The van der Waals surface area contributed by atoms with Gasteiger partial charge in [-0.05, 0) is 45.8 Å². The molecular formula is C14H13Br2NO. The van der Waals surface area contributed by atoms with Crippen LogP contribution >= 0.6 is 31.9 Å². The molecule has 0 unspecified atom stereocenters. The lowest BCUT2D eigenvalue weighted by atomic mass is 10.2. The molecule has 1 aromatic carbocycles. The quantitative estimate of drug-likeness (QED) is 0.729. The van der Waals surface area contributed by atoms with Crippen molar-refractivity contribution in [3.05, 3.63) is 58.3 Å². The minimum Gasteiger partial charge on any atom is -0.492 e. The highest BCUT2D eigenvalue weighted by molar-refractivity contribution is 9.10. The fourth-order valence-electron chi connectivity index (χ4n) is 1.56. The van der Waals surface area contributed by atoms with Gasteiger partial charge in [0.25, 0.3) is 0 Å². The van der Waals surface area contributed by atoms with E-state index in [4.69, 9.17) is 4.74 Å². The van der Waals surface area contributed by atoms with Crippen LogP contribution in [0.2, 0.25) is 0 Å². The first-order valence-corrected chi connectivity index (χ1v) is 7.58. The van der Waals surface area contributed by atoms with Gasteiger partial charge in [0.05, 0.1) is 11.1 Å². The second kappa shape index (κ2) is 6.90. The highest BCUT2D eigenvalue weighted by Gasteiger charge is 2.02. The van der Waals surface area contributed by atoms with E-state index < -0.39 is 0 Å². The number of hydrogen-bond donors (Lipinski definition) is 0. The van der Waals surface area contributed by atoms with Crippen LogP contribution in [0.25, 0.3) is 0 Å². The Kier molecular flexibility index (Phi) is 5.20. The molecule has 94 valence electrons. The van der Waals surface area contributed by atoms with E-state index in [0.29, 0.717) is 6.61 Å². The van der Waals surface area contributed by atoms with Crippen LogP contribution in [0.4, 0.5) is 0 Å². The molecule has 0 aliphatic heterocycles. The van der Waals surface area contributed by atoms with Crippen molar-refractivity contribution >= 4 is 31.9 Å². The number of rotatable bonds is 5. The largest absolute Gasteiger partial charge is 0.492 e. The van der Waals surface area contributed by atoms with Crippen molar-refractivity contribution in [2.45, 2.75) is 11.8 Å². The van der Waals surface area contributed by atoms with Crippen LogP contribution in [0, 0.1) is 0 Å². The van der Waals surface area contributed by atoms with E-state index in [2.05, 4.69) is 49.0 Å². The first-order valence-electron chi connectivity index (χ1n) is 5.66. The minimum atomic E-state index is 0.628. The van der Waals surface area contributed by atoms with Gasteiger partial charge in [0, 0.05) is 23.6 Å². The highest BCUT2D eigenvalue weighted by atomic mass is 79.9. The molecule has 0 bridgehead atoms. The molecule has 0 atom stereocenters. The summed E-state index contributed by atoms with van der Waals surface area (Å²) in [6, 6.07) is 12.0. The molecule has 0 saturated carbocycles. The van der Waals surface area contributed by atoms with Crippen LogP contribution < -0.4 is 4.74 Å². The van der Waals surface area contributed by atoms with Gasteiger partial charge in [-0.1, -0.05) is 28.1 Å². The first kappa shape index (κ1) is 13.6. The Morgan fingerprint density at radius 2 is 2.06 bits per heavy atom. The first-order chi connectivity index (χ1) is 8.79.